The van der Waals surface area contributed by atoms with Gasteiger partial charge in [-0.05, 0) is 32.4 Å². The van der Waals surface area contributed by atoms with Crippen molar-refractivity contribution >= 4 is 17.7 Å². The van der Waals surface area contributed by atoms with E-state index >= 15 is 0 Å². The fourth-order valence-corrected chi connectivity index (χ4v) is 2.67. The number of carbonyl (C=O) groups excluding carboxylic acids is 1. The minimum absolute atomic E-state index is 0.00949. The predicted octanol–water partition coefficient (Wildman–Crippen LogP) is 2.92. The molecule has 0 aromatic heterocycles. The molecule has 110 valence electrons. The van der Waals surface area contributed by atoms with E-state index in [1.165, 1.54) is 0 Å². The minimum Gasteiger partial charge on any atom is -0.444 e. The maximum absolute atomic E-state index is 11.9. The smallest absolute Gasteiger partial charge is 0.407 e. The zero-order valence-corrected chi connectivity index (χ0v) is 12.8. The minimum atomic E-state index is -0.490. The molecular formula is C15H21ClN2O2. The zero-order chi connectivity index (χ0) is 14.8. The van der Waals surface area contributed by atoms with Gasteiger partial charge in [0.1, 0.15) is 5.60 Å². The number of amides is 1. The first kappa shape index (κ1) is 15.1. The lowest BCUT2D eigenvalue weighted by atomic mass is 9.94. The Labute approximate surface area is 124 Å². The second-order valence-electron chi connectivity index (χ2n) is 6.04. The Balaban J connectivity index is 2.05. The SMILES string of the molecule is CC(C)(C)OC(=O)N[C@@H]1CNC[C@H]1c1ccccc1Cl. The molecule has 4 nitrogen and oxygen atoms in total. The summed E-state index contributed by atoms with van der Waals surface area (Å²) in [4.78, 5) is 11.9. The molecule has 2 rings (SSSR count). The lowest BCUT2D eigenvalue weighted by Gasteiger charge is -2.24. The van der Waals surface area contributed by atoms with Crippen LogP contribution in [0.15, 0.2) is 24.3 Å². The Bertz CT molecular complexity index is 485. The molecule has 0 saturated carbocycles. The molecule has 1 heterocycles. The van der Waals surface area contributed by atoms with Gasteiger partial charge in [-0.2, -0.15) is 0 Å². The molecule has 1 aromatic carbocycles. The number of halogens is 1. The molecule has 0 spiro atoms. The standard InChI is InChI=1S/C15H21ClN2O2/c1-15(2,3)20-14(19)18-13-9-17-8-11(13)10-6-4-5-7-12(10)16/h4-7,11,13,17H,8-9H2,1-3H3,(H,18,19)/t11-,13+/m0/s1. The van der Waals surface area contributed by atoms with Gasteiger partial charge in [-0.1, -0.05) is 29.8 Å². The molecule has 0 radical (unpaired) electrons. The Hall–Kier alpha value is -1.26. The summed E-state index contributed by atoms with van der Waals surface area (Å²) in [6, 6.07) is 7.74. The second-order valence-corrected chi connectivity index (χ2v) is 6.45. The van der Waals surface area contributed by atoms with Crippen LogP contribution >= 0.6 is 11.6 Å². The molecule has 2 N–H and O–H groups in total. The maximum Gasteiger partial charge on any atom is 0.407 e. The summed E-state index contributed by atoms with van der Waals surface area (Å²) in [6.07, 6.45) is -0.386. The van der Waals surface area contributed by atoms with Gasteiger partial charge in [0.2, 0.25) is 0 Å². The number of alkyl carbamates (subject to hydrolysis) is 1. The number of rotatable bonds is 2. The van der Waals surface area contributed by atoms with Gasteiger partial charge in [-0.3, -0.25) is 0 Å². The molecule has 1 saturated heterocycles. The van der Waals surface area contributed by atoms with Crippen molar-refractivity contribution in [3.63, 3.8) is 0 Å². The van der Waals surface area contributed by atoms with Crippen LogP contribution in [0.25, 0.3) is 0 Å². The molecule has 0 unspecified atom stereocenters. The van der Waals surface area contributed by atoms with Crippen molar-refractivity contribution in [1.29, 1.82) is 0 Å². The largest absolute Gasteiger partial charge is 0.444 e. The van der Waals surface area contributed by atoms with E-state index in [4.69, 9.17) is 16.3 Å². The monoisotopic (exact) mass is 296 g/mol. The van der Waals surface area contributed by atoms with Gasteiger partial charge in [0.25, 0.3) is 0 Å². The van der Waals surface area contributed by atoms with Crippen LogP contribution in [0.2, 0.25) is 5.02 Å². The van der Waals surface area contributed by atoms with E-state index in [0.29, 0.717) is 0 Å². The van der Waals surface area contributed by atoms with Crippen molar-refractivity contribution in [2.45, 2.75) is 38.3 Å². The third kappa shape index (κ3) is 3.87. The van der Waals surface area contributed by atoms with Gasteiger partial charge in [0, 0.05) is 24.0 Å². The number of hydrogen-bond donors (Lipinski definition) is 2. The van der Waals surface area contributed by atoms with E-state index < -0.39 is 5.60 Å². The third-order valence-electron chi connectivity index (χ3n) is 3.22. The second kappa shape index (κ2) is 6.02. The molecule has 2 atom stereocenters. The first-order valence-corrected chi connectivity index (χ1v) is 7.19. The average molecular weight is 297 g/mol. The molecule has 1 amide bonds. The van der Waals surface area contributed by atoms with E-state index in [0.717, 1.165) is 23.7 Å². The first-order valence-electron chi connectivity index (χ1n) is 6.81. The van der Waals surface area contributed by atoms with Crippen LogP contribution in [-0.2, 0) is 4.74 Å². The highest BCUT2D eigenvalue weighted by Gasteiger charge is 2.32. The van der Waals surface area contributed by atoms with Crippen LogP contribution in [0.5, 0.6) is 0 Å². The highest BCUT2D eigenvalue weighted by Crippen LogP contribution is 2.29. The van der Waals surface area contributed by atoms with Crippen LogP contribution in [-0.4, -0.2) is 30.8 Å². The molecule has 20 heavy (non-hydrogen) atoms. The van der Waals surface area contributed by atoms with Gasteiger partial charge in [-0.25, -0.2) is 4.79 Å². The van der Waals surface area contributed by atoms with Crippen molar-refractivity contribution in [3.05, 3.63) is 34.9 Å². The molecule has 5 heteroatoms. The van der Waals surface area contributed by atoms with Crippen molar-refractivity contribution in [2.24, 2.45) is 0 Å². The topological polar surface area (TPSA) is 50.4 Å². The van der Waals surface area contributed by atoms with E-state index in [2.05, 4.69) is 10.6 Å². The van der Waals surface area contributed by atoms with Crippen LogP contribution in [0.1, 0.15) is 32.3 Å². The zero-order valence-electron chi connectivity index (χ0n) is 12.1. The highest BCUT2D eigenvalue weighted by molar-refractivity contribution is 6.31. The Morgan fingerprint density at radius 2 is 2.05 bits per heavy atom. The number of ether oxygens (including phenoxy) is 1. The highest BCUT2D eigenvalue weighted by atomic mass is 35.5. The maximum atomic E-state index is 11.9. The molecular weight excluding hydrogens is 276 g/mol. The molecule has 1 aromatic rings. The molecule has 1 fully saturated rings. The number of nitrogens with one attached hydrogen (secondary N) is 2. The average Bonchev–Trinajstić information content (AvgIpc) is 2.75. The predicted molar refractivity (Wildman–Crippen MR) is 80.2 cm³/mol. The number of carbonyl (C=O) groups is 1. The van der Waals surface area contributed by atoms with Crippen LogP contribution in [0.3, 0.4) is 0 Å². The Kier molecular flexibility index (Phi) is 4.55. The van der Waals surface area contributed by atoms with Crippen molar-refractivity contribution in [2.75, 3.05) is 13.1 Å². The quantitative estimate of drug-likeness (QED) is 0.882. The lowest BCUT2D eigenvalue weighted by molar-refractivity contribution is 0.0504. The summed E-state index contributed by atoms with van der Waals surface area (Å²) in [5.74, 6) is 0.163. The molecule has 1 aliphatic heterocycles. The van der Waals surface area contributed by atoms with E-state index in [1.807, 2.05) is 45.0 Å². The van der Waals surface area contributed by atoms with Gasteiger partial charge in [-0.15, -0.1) is 0 Å². The van der Waals surface area contributed by atoms with E-state index in [-0.39, 0.29) is 18.1 Å². The van der Waals surface area contributed by atoms with E-state index in [9.17, 15) is 4.79 Å². The van der Waals surface area contributed by atoms with Crippen LogP contribution < -0.4 is 10.6 Å². The summed E-state index contributed by atoms with van der Waals surface area (Å²) in [6.45, 7) is 7.07. The molecule has 0 bridgehead atoms. The van der Waals surface area contributed by atoms with Gasteiger partial charge >= 0.3 is 6.09 Å². The fourth-order valence-electron chi connectivity index (χ4n) is 2.39. The number of benzene rings is 1. The summed E-state index contributed by atoms with van der Waals surface area (Å²) in [7, 11) is 0. The van der Waals surface area contributed by atoms with Gasteiger partial charge in [0.15, 0.2) is 0 Å². The van der Waals surface area contributed by atoms with Crippen molar-refractivity contribution in [3.8, 4) is 0 Å². The fraction of sp³-hybridized carbons (Fsp3) is 0.533. The van der Waals surface area contributed by atoms with E-state index in [1.54, 1.807) is 0 Å². The third-order valence-corrected chi connectivity index (χ3v) is 3.57. The summed E-state index contributed by atoms with van der Waals surface area (Å²) in [5, 5.41) is 6.95. The summed E-state index contributed by atoms with van der Waals surface area (Å²) >= 11 is 6.24. The Morgan fingerprint density at radius 1 is 1.35 bits per heavy atom. The number of hydrogen-bond acceptors (Lipinski definition) is 3. The normalized spacial score (nSPS) is 22.6. The summed E-state index contributed by atoms with van der Waals surface area (Å²) in [5.41, 5.74) is 0.566. The first-order chi connectivity index (χ1) is 9.37. The van der Waals surface area contributed by atoms with Gasteiger partial charge < -0.3 is 15.4 Å². The molecule has 1 aliphatic rings. The van der Waals surface area contributed by atoms with Crippen molar-refractivity contribution in [1.82, 2.24) is 10.6 Å². The summed E-state index contributed by atoms with van der Waals surface area (Å²) < 4.78 is 5.30. The van der Waals surface area contributed by atoms with Crippen LogP contribution in [0, 0.1) is 0 Å². The van der Waals surface area contributed by atoms with Crippen molar-refractivity contribution < 1.29 is 9.53 Å². The lowest BCUT2D eigenvalue weighted by Crippen LogP contribution is -2.42. The van der Waals surface area contributed by atoms with Crippen LogP contribution in [0.4, 0.5) is 4.79 Å². The van der Waals surface area contributed by atoms with Gasteiger partial charge in [0.05, 0.1) is 6.04 Å². The Morgan fingerprint density at radius 3 is 2.70 bits per heavy atom. The molecule has 0 aliphatic carbocycles.